The van der Waals surface area contributed by atoms with Crippen molar-refractivity contribution in [3.63, 3.8) is 0 Å². The molecule has 1 aliphatic rings. The second-order valence-electron chi connectivity index (χ2n) is 4.43. The van der Waals surface area contributed by atoms with Gasteiger partial charge in [-0.25, -0.2) is 0 Å². The van der Waals surface area contributed by atoms with Crippen LogP contribution in [0.4, 0.5) is 0 Å². The molecular weight excluding hydrogens is 204 g/mol. The van der Waals surface area contributed by atoms with Gasteiger partial charge in [-0.2, -0.15) is 0 Å². The van der Waals surface area contributed by atoms with Crippen molar-refractivity contribution in [2.75, 3.05) is 6.54 Å². The molecule has 4 nitrogen and oxygen atoms in total. The van der Waals surface area contributed by atoms with Crippen molar-refractivity contribution in [2.24, 2.45) is 0 Å². The van der Waals surface area contributed by atoms with Gasteiger partial charge in [0.15, 0.2) is 0 Å². The molecule has 1 fully saturated rings. The molecule has 0 aromatic carbocycles. The number of amides is 2. The monoisotopic (exact) mass is 226 g/mol. The Balaban J connectivity index is 2.10. The van der Waals surface area contributed by atoms with Crippen LogP contribution in [0.5, 0.6) is 0 Å². The van der Waals surface area contributed by atoms with Gasteiger partial charge in [0.1, 0.15) is 6.42 Å². The lowest BCUT2D eigenvalue weighted by atomic mass is 10.2. The zero-order chi connectivity index (χ0) is 11.8. The van der Waals surface area contributed by atoms with Crippen LogP contribution in [-0.4, -0.2) is 24.4 Å². The van der Waals surface area contributed by atoms with E-state index >= 15 is 0 Å². The van der Waals surface area contributed by atoms with Crippen molar-refractivity contribution in [3.8, 4) is 0 Å². The van der Waals surface area contributed by atoms with Gasteiger partial charge in [0.05, 0.1) is 0 Å². The standard InChI is InChI=1S/C12H22N2O2/c1-2-3-8-13-11(15)9-12(16)14-10-6-4-5-7-10/h10H,2-9H2,1H3,(H,13,15)(H,14,16). The Morgan fingerprint density at radius 2 is 1.88 bits per heavy atom. The number of nitrogens with one attached hydrogen (secondary N) is 2. The highest BCUT2D eigenvalue weighted by Gasteiger charge is 2.18. The van der Waals surface area contributed by atoms with Gasteiger partial charge in [0.25, 0.3) is 0 Å². The third-order valence-corrected chi connectivity index (χ3v) is 2.89. The summed E-state index contributed by atoms with van der Waals surface area (Å²) in [6, 6.07) is 0.302. The molecule has 2 N–H and O–H groups in total. The summed E-state index contributed by atoms with van der Waals surface area (Å²) in [4.78, 5) is 22.8. The first-order chi connectivity index (χ1) is 7.72. The molecule has 0 radical (unpaired) electrons. The maximum absolute atomic E-state index is 11.5. The van der Waals surface area contributed by atoms with E-state index in [0.717, 1.165) is 25.7 Å². The zero-order valence-electron chi connectivity index (χ0n) is 10.1. The summed E-state index contributed by atoms with van der Waals surface area (Å²) in [6.45, 7) is 2.74. The van der Waals surface area contributed by atoms with Crippen LogP contribution in [-0.2, 0) is 9.59 Å². The quantitative estimate of drug-likeness (QED) is 0.530. The fraction of sp³-hybridized carbons (Fsp3) is 0.833. The van der Waals surface area contributed by atoms with E-state index in [9.17, 15) is 9.59 Å². The first-order valence-electron chi connectivity index (χ1n) is 6.28. The molecule has 2 amide bonds. The van der Waals surface area contributed by atoms with E-state index < -0.39 is 0 Å². The summed E-state index contributed by atoms with van der Waals surface area (Å²) >= 11 is 0. The Morgan fingerprint density at radius 1 is 1.19 bits per heavy atom. The third-order valence-electron chi connectivity index (χ3n) is 2.89. The minimum Gasteiger partial charge on any atom is -0.356 e. The van der Waals surface area contributed by atoms with E-state index in [2.05, 4.69) is 17.6 Å². The van der Waals surface area contributed by atoms with Gasteiger partial charge < -0.3 is 10.6 Å². The second-order valence-corrected chi connectivity index (χ2v) is 4.43. The second kappa shape index (κ2) is 7.25. The average Bonchev–Trinajstić information content (AvgIpc) is 2.70. The van der Waals surface area contributed by atoms with Crippen molar-refractivity contribution in [1.29, 1.82) is 0 Å². The first-order valence-corrected chi connectivity index (χ1v) is 6.28. The van der Waals surface area contributed by atoms with Gasteiger partial charge in [0.2, 0.25) is 11.8 Å². The molecular formula is C12H22N2O2. The maximum Gasteiger partial charge on any atom is 0.229 e. The van der Waals surface area contributed by atoms with Crippen LogP contribution in [0.1, 0.15) is 51.9 Å². The van der Waals surface area contributed by atoms with Crippen LogP contribution in [0.2, 0.25) is 0 Å². The summed E-state index contributed by atoms with van der Waals surface area (Å²) in [7, 11) is 0. The zero-order valence-corrected chi connectivity index (χ0v) is 10.1. The molecule has 0 heterocycles. The van der Waals surface area contributed by atoms with Crippen LogP contribution in [0.25, 0.3) is 0 Å². The maximum atomic E-state index is 11.5. The molecule has 0 bridgehead atoms. The fourth-order valence-corrected chi connectivity index (χ4v) is 1.96. The van der Waals surface area contributed by atoms with E-state index in [1.165, 1.54) is 12.8 Å². The topological polar surface area (TPSA) is 58.2 Å². The van der Waals surface area contributed by atoms with Gasteiger partial charge >= 0.3 is 0 Å². The van der Waals surface area contributed by atoms with E-state index in [0.29, 0.717) is 12.6 Å². The summed E-state index contributed by atoms with van der Waals surface area (Å²) in [6.07, 6.45) is 6.48. The lowest BCUT2D eigenvalue weighted by Crippen LogP contribution is -2.36. The van der Waals surface area contributed by atoms with Crippen LogP contribution >= 0.6 is 0 Å². The lowest BCUT2D eigenvalue weighted by molar-refractivity contribution is -0.129. The van der Waals surface area contributed by atoms with Crippen LogP contribution < -0.4 is 10.6 Å². The van der Waals surface area contributed by atoms with Crippen molar-refractivity contribution >= 4 is 11.8 Å². The minimum absolute atomic E-state index is 0.0276. The molecule has 1 saturated carbocycles. The van der Waals surface area contributed by atoms with Gasteiger partial charge in [-0.15, -0.1) is 0 Å². The van der Waals surface area contributed by atoms with E-state index in [1.807, 2.05) is 0 Å². The molecule has 1 rings (SSSR count). The van der Waals surface area contributed by atoms with Crippen LogP contribution in [0.3, 0.4) is 0 Å². The molecule has 0 spiro atoms. The van der Waals surface area contributed by atoms with Crippen molar-refractivity contribution in [1.82, 2.24) is 10.6 Å². The molecule has 4 heteroatoms. The largest absolute Gasteiger partial charge is 0.356 e. The van der Waals surface area contributed by atoms with E-state index in [1.54, 1.807) is 0 Å². The van der Waals surface area contributed by atoms with Gasteiger partial charge in [-0.1, -0.05) is 26.2 Å². The molecule has 16 heavy (non-hydrogen) atoms. The van der Waals surface area contributed by atoms with Crippen LogP contribution in [0.15, 0.2) is 0 Å². The molecule has 0 aromatic rings. The van der Waals surface area contributed by atoms with Crippen molar-refractivity contribution in [2.45, 2.75) is 57.9 Å². The van der Waals surface area contributed by atoms with E-state index in [-0.39, 0.29) is 18.2 Å². The van der Waals surface area contributed by atoms with Gasteiger partial charge in [-0.3, -0.25) is 9.59 Å². The fourth-order valence-electron chi connectivity index (χ4n) is 1.96. The Morgan fingerprint density at radius 3 is 2.50 bits per heavy atom. The number of hydrogen-bond acceptors (Lipinski definition) is 2. The van der Waals surface area contributed by atoms with Gasteiger partial charge in [-0.05, 0) is 19.3 Å². The highest BCUT2D eigenvalue weighted by atomic mass is 16.2. The lowest BCUT2D eigenvalue weighted by Gasteiger charge is -2.11. The molecule has 0 aliphatic heterocycles. The average molecular weight is 226 g/mol. The third kappa shape index (κ3) is 5.14. The molecule has 0 unspecified atom stereocenters. The number of hydrogen-bond donors (Lipinski definition) is 2. The molecule has 92 valence electrons. The predicted octanol–water partition coefficient (Wildman–Crippen LogP) is 1.35. The highest BCUT2D eigenvalue weighted by molar-refractivity contribution is 5.96. The number of carbonyl (C=O) groups is 2. The number of unbranched alkanes of at least 4 members (excludes halogenated alkanes) is 1. The van der Waals surface area contributed by atoms with E-state index in [4.69, 9.17) is 0 Å². The minimum atomic E-state index is -0.163. The molecule has 0 atom stereocenters. The first kappa shape index (κ1) is 13.0. The number of carbonyl (C=O) groups excluding carboxylic acids is 2. The Hall–Kier alpha value is -1.06. The summed E-state index contributed by atoms with van der Waals surface area (Å²) < 4.78 is 0. The molecule has 0 aromatic heterocycles. The summed E-state index contributed by atoms with van der Waals surface area (Å²) in [5.74, 6) is -0.301. The Kier molecular flexibility index (Phi) is 5.90. The van der Waals surface area contributed by atoms with Gasteiger partial charge in [0, 0.05) is 12.6 Å². The Labute approximate surface area is 97.2 Å². The smallest absolute Gasteiger partial charge is 0.229 e. The van der Waals surface area contributed by atoms with Crippen molar-refractivity contribution in [3.05, 3.63) is 0 Å². The molecule has 1 aliphatic carbocycles. The van der Waals surface area contributed by atoms with Crippen molar-refractivity contribution < 1.29 is 9.59 Å². The van der Waals surface area contributed by atoms with Crippen LogP contribution in [0, 0.1) is 0 Å². The highest BCUT2D eigenvalue weighted by Crippen LogP contribution is 2.17. The summed E-state index contributed by atoms with van der Waals surface area (Å²) in [5.41, 5.74) is 0. The SMILES string of the molecule is CCCCNC(=O)CC(=O)NC1CCCC1. The Bertz CT molecular complexity index is 235. The predicted molar refractivity (Wildman–Crippen MR) is 62.9 cm³/mol. The normalized spacial score (nSPS) is 16.1. The molecule has 0 saturated heterocycles. The summed E-state index contributed by atoms with van der Waals surface area (Å²) in [5, 5.41) is 5.64. The number of rotatable bonds is 6.